The minimum Gasteiger partial charge on any atom is -0.491 e. The van der Waals surface area contributed by atoms with Crippen LogP contribution in [0.4, 0.5) is 4.39 Å². The first kappa shape index (κ1) is 14.1. The van der Waals surface area contributed by atoms with E-state index in [-0.39, 0.29) is 11.7 Å². The molecule has 0 bridgehead atoms. The second kappa shape index (κ2) is 5.85. The summed E-state index contributed by atoms with van der Waals surface area (Å²) in [5, 5.41) is 0. The van der Waals surface area contributed by atoms with E-state index in [4.69, 9.17) is 4.74 Å². The van der Waals surface area contributed by atoms with Crippen LogP contribution in [0.3, 0.4) is 0 Å². The zero-order valence-electron chi connectivity index (χ0n) is 11.2. The van der Waals surface area contributed by atoms with Crippen molar-refractivity contribution in [3.05, 3.63) is 63.9 Å². The summed E-state index contributed by atoms with van der Waals surface area (Å²) in [5.74, 6) is 0.217. The molecule has 1 amide bonds. The van der Waals surface area contributed by atoms with Crippen LogP contribution in [-0.2, 0) is 6.54 Å². The normalized spacial score (nSPS) is 14.1. The Kier molecular flexibility index (Phi) is 3.92. The Labute approximate surface area is 130 Å². The van der Waals surface area contributed by atoms with Crippen molar-refractivity contribution in [1.29, 1.82) is 0 Å². The molecule has 0 saturated heterocycles. The first-order valence-electron chi connectivity index (χ1n) is 6.60. The number of carbonyl (C=O) groups excluding carboxylic acids is 1. The number of benzene rings is 2. The average Bonchev–Trinajstić information content (AvgIpc) is 2.68. The molecule has 0 saturated carbocycles. The van der Waals surface area contributed by atoms with Gasteiger partial charge in [-0.3, -0.25) is 4.79 Å². The van der Waals surface area contributed by atoms with Crippen molar-refractivity contribution in [2.45, 2.75) is 6.54 Å². The molecule has 2 aromatic rings. The van der Waals surface area contributed by atoms with Crippen molar-refractivity contribution >= 4 is 21.8 Å². The van der Waals surface area contributed by atoms with Gasteiger partial charge in [0.25, 0.3) is 5.91 Å². The van der Waals surface area contributed by atoms with Gasteiger partial charge in [0.15, 0.2) is 0 Å². The van der Waals surface area contributed by atoms with Crippen LogP contribution in [0.15, 0.2) is 46.9 Å². The van der Waals surface area contributed by atoms with Crippen LogP contribution in [0.2, 0.25) is 0 Å². The molecule has 1 aliphatic heterocycles. The van der Waals surface area contributed by atoms with E-state index in [2.05, 4.69) is 15.9 Å². The molecule has 0 atom stereocenters. The van der Waals surface area contributed by atoms with Crippen molar-refractivity contribution in [1.82, 2.24) is 4.90 Å². The van der Waals surface area contributed by atoms with Crippen LogP contribution in [0.5, 0.6) is 5.75 Å². The number of hydrogen-bond donors (Lipinski definition) is 0. The summed E-state index contributed by atoms with van der Waals surface area (Å²) in [4.78, 5) is 14.3. The highest BCUT2D eigenvalue weighted by Gasteiger charge is 2.22. The van der Waals surface area contributed by atoms with E-state index in [1.54, 1.807) is 17.0 Å². The van der Waals surface area contributed by atoms with Crippen LogP contribution in [0.25, 0.3) is 0 Å². The van der Waals surface area contributed by atoms with Gasteiger partial charge in [0.1, 0.15) is 18.2 Å². The van der Waals surface area contributed by atoms with Gasteiger partial charge in [0.2, 0.25) is 0 Å². The number of carbonyl (C=O) groups is 1. The minimum atomic E-state index is -0.326. The summed E-state index contributed by atoms with van der Waals surface area (Å²) in [7, 11) is 0. The maximum Gasteiger partial charge on any atom is 0.255 e. The van der Waals surface area contributed by atoms with Crippen LogP contribution in [0.1, 0.15) is 15.9 Å². The topological polar surface area (TPSA) is 29.5 Å². The summed E-state index contributed by atoms with van der Waals surface area (Å²) in [6.45, 7) is 1.21. The molecule has 3 rings (SSSR count). The Morgan fingerprint density at radius 1 is 1.24 bits per heavy atom. The quantitative estimate of drug-likeness (QED) is 0.786. The minimum absolute atomic E-state index is 0.0943. The fraction of sp³-hybridized carbons (Fsp3) is 0.188. The van der Waals surface area contributed by atoms with E-state index in [0.717, 1.165) is 4.47 Å². The molecular weight excluding hydrogens is 337 g/mol. The van der Waals surface area contributed by atoms with Crippen molar-refractivity contribution in [2.24, 2.45) is 0 Å². The smallest absolute Gasteiger partial charge is 0.255 e. The Morgan fingerprint density at radius 3 is 2.86 bits per heavy atom. The SMILES string of the molecule is O=C(c1ccccc1Br)N1CCOc2ccc(F)cc2C1. The van der Waals surface area contributed by atoms with Crippen LogP contribution >= 0.6 is 15.9 Å². The first-order valence-corrected chi connectivity index (χ1v) is 7.39. The van der Waals surface area contributed by atoms with Gasteiger partial charge in [-0.2, -0.15) is 0 Å². The Balaban J connectivity index is 1.90. The lowest BCUT2D eigenvalue weighted by Crippen LogP contribution is -2.32. The third-order valence-electron chi connectivity index (χ3n) is 3.39. The van der Waals surface area contributed by atoms with Crippen molar-refractivity contribution in [2.75, 3.05) is 13.2 Å². The summed E-state index contributed by atoms with van der Waals surface area (Å²) in [5.41, 5.74) is 1.28. The molecule has 21 heavy (non-hydrogen) atoms. The molecule has 0 fully saturated rings. The maximum absolute atomic E-state index is 13.4. The van der Waals surface area contributed by atoms with Gasteiger partial charge in [-0.15, -0.1) is 0 Å². The number of amides is 1. The molecule has 0 N–H and O–H groups in total. The number of nitrogens with zero attached hydrogens (tertiary/aromatic N) is 1. The van der Waals surface area contributed by atoms with Crippen molar-refractivity contribution < 1.29 is 13.9 Å². The zero-order chi connectivity index (χ0) is 14.8. The molecule has 5 heteroatoms. The van der Waals surface area contributed by atoms with Gasteiger partial charge in [0, 0.05) is 16.6 Å². The number of hydrogen-bond acceptors (Lipinski definition) is 2. The lowest BCUT2D eigenvalue weighted by Gasteiger charge is -2.20. The van der Waals surface area contributed by atoms with Gasteiger partial charge in [-0.05, 0) is 46.3 Å². The standard InChI is InChI=1S/C16H13BrFNO2/c17-14-4-2-1-3-13(14)16(20)19-7-8-21-15-6-5-12(18)9-11(15)10-19/h1-6,9H,7-8,10H2. The predicted octanol–water partition coefficient (Wildman–Crippen LogP) is 3.62. The molecule has 2 aromatic carbocycles. The van der Waals surface area contributed by atoms with Gasteiger partial charge < -0.3 is 9.64 Å². The molecule has 0 radical (unpaired) electrons. The average molecular weight is 350 g/mol. The fourth-order valence-corrected chi connectivity index (χ4v) is 2.80. The number of halogens is 2. The third kappa shape index (κ3) is 2.93. The molecular formula is C16H13BrFNO2. The molecule has 0 spiro atoms. The van der Waals surface area contributed by atoms with Crippen LogP contribution < -0.4 is 4.74 Å². The fourth-order valence-electron chi connectivity index (χ4n) is 2.34. The van der Waals surface area contributed by atoms with Crippen LogP contribution in [0, 0.1) is 5.82 Å². The molecule has 1 heterocycles. The first-order chi connectivity index (χ1) is 10.1. The summed E-state index contributed by atoms with van der Waals surface area (Å²) >= 11 is 3.39. The van der Waals surface area contributed by atoms with E-state index in [1.165, 1.54) is 12.1 Å². The van der Waals surface area contributed by atoms with Gasteiger partial charge in [-0.1, -0.05) is 12.1 Å². The Hall–Kier alpha value is -1.88. The highest BCUT2D eigenvalue weighted by atomic mass is 79.9. The molecule has 3 nitrogen and oxygen atoms in total. The number of ether oxygens (including phenoxy) is 1. The van der Waals surface area contributed by atoms with Gasteiger partial charge in [0.05, 0.1) is 12.1 Å². The highest BCUT2D eigenvalue weighted by molar-refractivity contribution is 9.10. The molecule has 108 valence electrons. The molecule has 0 unspecified atom stereocenters. The zero-order valence-corrected chi connectivity index (χ0v) is 12.8. The molecule has 0 aliphatic carbocycles. The summed E-state index contributed by atoms with van der Waals surface area (Å²) in [6.07, 6.45) is 0. The van der Waals surface area contributed by atoms with Crippen molar-refractivity contribution in [3.63, 3.8) is 0 Å². The molecule has 1 aliphatic rings. The van der Waals surface area contributed by atoms with E-state index < -0.39 is 0 Å². The highest BCUT2D eigenvalue weighted by Crippen LogP contribution is 2.26. The number of rotatable bonds is 1. The van der Waals surface area contributed by atoms with E-state index >= 15 is 0 Å². The lowest BCUT2D eigenvalue weighted by atomic mass is 10.1. The van der Waals surface area contributed by atoms with Gasteiger partial charge >= 0.3 is 0 Å². The predicted molar refractivity (Wildman–Crippen MR) is 80.8 cm³/mol. The lowest BCUT2D eigenvalue weighted by molar-refractivity contribution is 0.0732. The summed E-state index contributed by atoms with van der Waals surface area (Å²) in [6, 6.07) is 11.7. The maximum atomic E-state index is 13.4. The molecule has 0 aromatic heterocycles. The van der Waals surface area contributed by atoms with E-state index in [9.17, 15) is 9.18 Å². The van der Waals surface area contributed by atoms with Crippen LogP contribution in [-0.4, -0.2) is 24.0 Å². The second-order valence-corrected chi connectivity index (χ2v) is 5.66. The monoisotopic (exact) mass is 349 g/mol. The number of fused-ring (bicyclic) bond motifs is 1. The van der Waals surface area contributed by atoms with E-state index in [1.807, 2.05) is 18.2 Å². The van der Waals surface area contributed by atoms with Gasteiger partial charge in [-0.25, -0.2) is 4.39 Å². The van der Waals surface area contributed by atoms with E-state index in [0.29, 0.717) is 36.6 Å². The largest absolute Gasteiger partial charge is 0.491 e. The second-order valence-electron chi connectivity index (χ2n) is 4.81. The Morgan fingerprint density at radius 2 is 2.05 bits per heavy atom. The summed E-state index contributed by atoms with van der Waals surface area (Å²) < 4.78 is 19.7. The Bertz CT molecular complexity index is 690. The van der Waals surface area contributed by atoms with Crippen molar-refractivity contribution in [3.8, 4) is 5.75 Å². The third-order valence-corrected chi connectivity index (χ3v) is 4.09.